The Bertz CT molecular complexity index is 1460. The number of benzene rings is 2. The highest BCUT2D eigenvalue weighted by Crippen LogP contribution is 2.27. The fourth-order valence-electron chi connectivity index (χ4n) is 3.17. The fraction of sp³-hybridized carbons (Fsp3) is 0.136. The Morgan fingerprint density at radius 1 is 0.886 bits per heavy atom. The van der Waals surface area contributed by atoms with E-state index in [-0.39, 0.29) is 34.5 Å². The van der Waals surface area contributed by atoms with Crippen LogP contribution >= 0.6 is 0 Å². The second-order valence-electron chi connectivity index (χ2n) is 7.52. The predicted molar refractivity (Wildman–Crippen MR) is 124 cm³/mol. The first kappa shape index (κ1) is 24.2. The highest BCUT2D eigenvalue weighted by atomic mass is 32.2. The second kappa shape index (κ2) is 9.35. The molecule has 2 aromatic heterocycles. The molecule has 0 unspecified atom stereocenters. The number of sulfonamides is 1. The van der Waals surface area contributed by atoms with E-state index in [9.17, 15) is 26.7 Å². The topological polar surface area (TPSA) is 143 Å². The highest BCUT2D eigenvalue weighted by molar-refractivity contribution is 7.89. The molecule has 0 amide bonds. The number of nitrogens with zero attached hydrogens (tertiary/aromatic N) is 3. The second-order valence-corrected chi connectivity index (χ2v) is 9.08. The molecule has 2 aromatic carbocycles. The molecule has 13 heteroatoms. The van der Waals surface area contributed by atoms with Crippen molar-refractivity contribution in [1.29, 1.82) is 0 Å². The standard InChI is InChI=1S/C22H19F3N6O3S/c23-22(24,25)12-28-20-19-18(10-9-17(29-19)14-3-5-15(32)6-4-14)30-21(31-20)27-11-13-1-7-16(8-2-13)35(26,33)34/h1-10,32H,11-12H2,(H2,26,33,34)(H2,27,28,30,31). The number of nitrogens with two attached hydrogens (primary N) is 1. The number of hydrogen-bond acceptors (Lipinski definition) is 8. The third-order valence-corrected chi connectivity index (χ3v) is 5.79. The van der Waals surface area contributed by atoms with Gasteiger partial charge < -0.3 is 15.7 Å². The van der Waals surface area contributed by atoms with Crippen LogP contribution in [0.3, 0.4) is 0 Å². The van der Waals surface area contributed by atoms with Crippen LogP contribution in [0.2, 0.25) is 0 Å². The molecule has 0 saturated carbocycles. The Labute approximate surface area is 197 Å². The van der Waals surface area contributed by atoms with Crippen molar-refractivity contribution in [2.24, 2.45) is 5.14 Å². The summed E-state index contributed by atoms with van der Waals surface area (Å²) in [5.74, 6) is 0.0114. The largest absolute Gasteiger partial charge is 0.508 e. The summed E-state index contributed by atoms with van der Waals surface area (Å²) in [4.78, 5) is 12.9. The van der Waals surface area contributed by atoms with Crippen LogP contribution in [0.15, 0.2) is 65.6 Å². The molecule has 0 atom stereocenters. The van der Waals surface area contributed by atoms with Crippen molar-refractivity contribution >= 4 is 32.8 Å². The summed E-state index contributed by atoms with van der Waals surface area (Å²) in [6.45, 7) is -1.15. The summed E-state index contributed by atoms with van der Waals surface area (Å²) in [7, 11) is -3.83. The SMILES string of the molecule is NS(=O)(=O)c1ccc(CNc2nc(NCC(F)(F)F)c3nc(-c4ccc(O)cc4)ccc3n2)cc1. The number of fused-ring (bicyclic) bond motifs is 1. The Morgan fingerprint density at radius 2 is 1.57 bits per heavy atom. The van der Waals surface area contributed by atoms with E-state index in [0.29, 0.717) is 22.3 Å². The summed E-state index contributed by atoms with van der Waals surface area (Å²) in [6, 6.07) is 15.3. The van der Waals surface area contributed by atoms with Gasteiger partial charge in [0.25, 0.3) is 0 Å². The summed E-state index contributed by atoms with van der Waals surface area (Å²) < 4.78 is 61.4. The zero-order chi connectivity index (χ0) is 25.2. The van der Waals surface area contributed by atoms with Crippen molar-refractivity contribution in [1.82, 2.24) is 15.0 Å². The summed E-state index contributed by atoms with van der Waals surface area (Å²) in [5, 5.41) is 19.8. The summed E-state index contributed by atoms with van der Waals surface area (Å²) in [5.41, 5.74) is 2.23. The fourth-order valence-corrected chi connectivity index (χ4v) is 3.69. The molecule has 5 N–H and O–H groups in total. The van der Waals surface area contributed by atoms with Gasteiger partial charge in [0.15, 0.2) is 5.82 Å². The van der Waals surface area contributed by atoms with Crippen LogP contribution in [-0.2, 0) is 16.6 Å². The van der Waals surface area contributed by atoms with E-state index < -0.39 is 22.7 Å². The molecule has 2 heterocycles. The maximum absolute atomic E-state index is 12.9. The van der Waals surface area contributed by atoms with Crippen LogP contribution in [0.1, 0.15) is 5.56 Å². The third-order valence-electron chi connectivity index (χ3n) is 4.86. The molecule has 0 spiro atoms. The number of rotatable bonds is 7. The average Bonchev–Trinajstić information content (AvgIpc) is 2.80. The van der Waals surface area contributed by atoms with Gasteiger partial charge in [-0.15, -0.1) is 0 Å². The monoisotopic (exact) mass is 504 g/mol. The van der Waals surface area contributed by atoms with E-state index in [1.54, 1.807) is 36.4 Å². The molecule has 0 aliphatic heterocycles. The van der Waals surface area contributed by atoms with E-state index >= 15 is 0 Å². The van der Waals surface area contributed by atoms with Gasteiger partial charge in [-0.25, -0.2) is 23.5 Å². The highest BCUT2D eigenvalue weighted by Gasteiger charge is 2.27. The number of nitrogens with one attached hydrogen (secondary N) is 2. The summed E-state index contributed by atoms with van der Waals surface area (Å²) in [6.07, 6.45) is -4.48. The van der Waals surface area contributed by atoms with Gasteiger partial charge in [-0.3, -0.25) is 0 Å². The van der Waals surface area contributed by atoms with Crippen molar-refractivity contribution in [2.45, 2.75) is 17.6 Å². The number of aromatic nitrogens is 3. The van der Waals surface area contributed by atoms with Gasteiger partial charge in [0.2, 0.25) is 16.0 Å². The van der Waals surface area contributed by atoms with Crippen molar-refractivity contribution in [2.75, 3.05) is 17.2 Å². The minimum Gasteiger partial charge on any atom is -0.508 e. The minimum absolute atomic E-state index is 0.0441. The van der Waals surface area contributed by atoms with Crippen molar-refractivity contribution in [3.05, 3.63) is 66.2 Å². The Morgan fingerprint density at radius 3 is 2.20 bits per heavy atom. The smallest absolute Gasteiger partial charge is 0.405 e. The number of phenols is 1. The molecule has 0 aliphatic carbocycles. The number of alkyl halides is 3. The lowest BCUT2D eigenvalue weighted by molar-refractivity contribution is -0.115. The lowest BCUT2D eigenvalue weighted by Gasteiger charge is -2.13. The number of halogens is 3. The van der Waals surface area contributed by atoms with Gasteiger partial charge in [0.1, 0.15) is 17.8 Å². The molecule has 0 aliphatic rings. The molecule has 35 heavy (non-hydrogen) atoms. The maximum Gasteiger partial charge on any atom is 0.405 e. The van der Waals surface area contributed by atoms with Gasteiger partial charge >= 0.3 is 6.18 Å². The van der Waals surface area contributed by atoms with Crippen LogP contribution in [0.4, 0.5) is 24.9 Å². The van der Waals surface area contributed by atoms with Gasteiger partial charge in [-0.2, -0.15) is 18.2 Å². The zero-order valence-corrected chi connectivity index (χ0v) is 18.7. The molecule has 4 rings (SSSR count). The van der Waals surface area contributed by atoms with E-state index in [0.717, 1.165) is 0 Å². The predicted octanol–water partition coefficient (Wildman–Crippen LogP) is 3.63. The lowest BCUT2D eigenvalue weighted by atomic mass is 10.1. The van der Waals surface area contributed by atoms with E-state index in [1.807, 2.05) is 0 Å². The third kappa shape index (κ3) is 6.13. The van der Waals surface area contributed by atoms with Gasteiger partial charge in [-0.1, -0.05) is 12.1 Å². The van der Waals surface area contributed by atoms with Gasteiger partial charge in [0, 0.05) is 12.1 Å². The first-order chi connectivity index (χ1) is 16.5. The first-order valence-corrected chi connectivity index (χ1v) is 11.7. The number of hydrogen-bond donors (Lipinski definition) is 4. The molecule has 0 saturated heterocycles. The van der Waals surface area contributed by atoms with Gasteiger partial charge in [0.05, 0.1) is 16.1 Å². The van der Waals surface area contributed by atoms with Crippen LogP contribution in [0.5, 0.6) is 5.75 Å². The zero-order valence-electron chi connectivity index (χ0n) is 17.9. The Kier molecular flexibility index (Phi) is 6.45. The lowest BCUT2D eigenvalue weighted by Crippen LogP contribution is -2.22. The molecular formula is C22H19F3N6O3S. The molecule has 0 radical (unpaired) electrons. The van der Waals surface area contributed by atoms with Crippen molar-refractivity contribution in [3.8, 4) is 17.0 Å². The van der Waals surface area contributed by atoms with Crippen molar-refractivity contribution < 1.29 is 26.7 Å². The number of primary sulfonamides is 1. The molecular weight excluding hydrogens is 485 g/mol. The minimum atomic E-state index is -4.48. The quantitative estimate of drug-likeness (QED) is 0.299. The molecule has 4 aromatic rings. The number of pyridine rings is 1. The molecule has 0 fully saturated rings. The van der Waals surface area contributed by atoms with Crippen LogP contribution in [0.25, 0.3) is 22.3 Å². The average molecular weight is 504 g/mol. The van der Waals surface area contributed by atoms with Crippen molar-refractivity contribution in [3.63, 3.8) is 0 Å². The van der Waals surface area contributed by atoms with Crippen LogP contribution in [0, 0.1) is 0 Å². The van der Waals surface area contributed by atoms with E-state index in [1.165, 1.54) is 24.3 Å². The summed E-state index contributed by atoms with van der Waals surface area (Å²) >= 11 is 0. The molecule has 9 nitrogen and oxygen atoms in total. The number of aromatic hydroxyl groups is 1. The van der Waals surface area contributed by atoms with Crippen LogP contribution in [-0.4, -0.2) is 41.2 Å². The molecule has 182 valence electrons. The first-order valence-electron chi connectivity index (χ1n) is 10.1. The Hall–Kier alpha value is -3.97. The normalized spacial score (nSPS) is 12.0. The van der Waals surface area contributed by atoms with E-state index in [4.69, 9.17) is 5.14 Å². The maximum atomic E-state index is 12.9. The van der Waals surface area contributed by atoms with Gasteiger partial charge in [-0.05, 0) is 54.1 Å². The number of anilines is 2. The number of phenolic OH excluding ortho intramolecular Hbond substituents is 1. The van der Waals surface area contributed by atoms with Crippen LogP contribution < -0.4 is 15.8 Å². The van der Waals surface area contributed by atoms with E-state index in [2.05, 4.69) is 25.6 Å². The molecule has 0 bridgehead atoms. The Balaban J connectivity index is 1.65.